The molecule has 0 heterocycles. The highest BCUT2D eigenvalue weighted by molar-refractivity contribution is 5.79. The van der Waals surface area contributed by atoms with Gasteiger partial charge in [0, 0.05) is 12.1 Å². The topological polar surface area (TPSA) is 74.5 Å². The molecule has 23 heavy (non-hydrogen) atoms. The molecule has 0 fully saturated rings. The van der Waals surface area contributed by atoms with E-state index in [1.807, 2.05) is 43.3 Å². The molecule has 0 unspecified atom stereocenters. The normalized spacial score (nSPS) is 11.7. The summed E-state index contributed by atoms with van der Waals surface area (Å²) in [5.41, 5.74) is 3.92. The standard InChI is InChI=1S/C18H17N3O2/c1-14(15-7-3-2-4-8-15)12-20-21-18(22)13-23-17-10-6-5-9-16(17)11-19/h2-10,12,14H,13H2,1H3,(H,21,22)/b20-12-/t14-/m0/s1. The highest BCUT2D eigenvalue weighted by Crippen LogP contribution is 2.16. The Kier molecular flexibility index (Phi) is 5.89. The first-order valence-corrected chi connectivity index (χ1v) is 7.19. The third-order valence-corrected chi connectivity index (χ3v) is 3.18. The number of amides is 1. The lowest BCUT2D eigenvalue weighted by Crippen LogP contribution is -2.25. The lowest BCUT2D eigenvalue weighted by atomic mass is 10.0. The van der Waals surface area contributed by atoms with Gasteiger partial charge in [-0.05, 0) is 17.7 Å². The van der Waals surface area contributed by atoms with Crippen molar-refractivity contribution in [3.63, 3.8) is 0 Å². The maximum atomic E-state index is 11.7. The van der Waals surface area contributed by atoms with Crippen molar-refractivity contribution in [2.24, 2.45) is 5.10 Å². The molecule has 1 amide bonds. The van der Waals surface area contributed by atoms with Gasteiger partial charge in [0.2, 0.25) is 0 Å². The molecule has 0 radical (unpaired) electrons. The molecule has 0 aliphatic heterocycles. The van der Waals surface area contributed by atoms with Crippen LogP contribution in [0.1, 0.15) is 24.0 Å². The van der Waals surface area contributed by atoms with E-state index in [2.05, 4.69) is 10.5 Å². The summed E-state index contributed by atoms with van der Waals surface area (Å²) in [6, 6.07) is 18.6. The zero-order chi connectivity index (χ0) is 16.5. The van der Waals surface area contributed by atoms with Gasteiger partial charge in [-0.25, -0.2) is 5.43 Å². The van der Waals surface area contributed by atoms with E-state index in [0.29, 0.717) is 11.3 Å². The molecule has 0 aliphatic carbocycles. The summed E-state index contributed by atoms with van der Waals surface area (Å²) in [6.45, 7) is 1.79. The molecule has 116 valence electrons. The fourth-order valence-corrected chi connectivity index (χ4v) is 1.92. The van der Waals surface area contributed by atoms with E-state index in [0.717, 1.165) is 5.56 Å². The second kappa shape index (κ2) is 8.35. The van der Waals surface area contributed by atoms with Gasteiger partial charge in [-0.3, -0.25) is 4.79 Å². The van der Waals surface area contributed by atoms with E-state index in [1.165, 1.54) is 0 Å². The van der Waals surface area contributed by atoms with Crippen LogP contribution in [0.3, 0.4) is 0 Å². The number of carbonyl (C=O) groups excluding carboxylic acids is 1. The van der Waals surface area contributed by atoms with Crippen LogP contribution in [0.5, 0.6) is 5.75 Å². The van der Waals surface area contributed by atoms with Gasteiger partial charge in [-0.1, -0.05) is 49.4 Å². The molecule has 0 saturated heterocycles. The summed E-state index contributed by atoms with van der Waals surface area (Å²) in [5.74, 6) is 0.0952. The van der Waals surface area contributed by atoms with Gasteiger partial charge < -0.3 is 4.74 Å². The summed E-state index contributed by atoms with van der Waals surface area (Å²) >= 11 is 0. The number of benzene rings is 2. The van der Waals surface area contributed by atoms with Crippen LogP contribution in [0.2, 0.25) is 0 Å². The zero-order valence-electron chi connectivity index (χ0n) is 12.8. The number of rotatable bonds is 6. The molecule has 5 heteroatoms. The van der Waals surface area contributed by atoms with E-state index in [4.69, 9.17) is 10.00 Å². The number of nitrogens with one attached hydrogen (secondary N) is 1. The largest absolute Gasteiger partial charge is 0.482 e. The SMILES string of the molecule is C[C@@H](/C=N\NC(=O)COc1ccccc1C#N)c1ccccc1. The lowest BCUT2D eigenvalue weighted by molar-refractivity contribution is -0.123. The molecule has 0 bridgehead atoms. The average Bonchev–Trinajstić information content (AvgIpc) is 2.60. The number of carbonyl (C=O) groups is 1. The Balaban J connectivity index is 1.81. The van der Waals surface area contributed by atoms with Crippen LogP contribution < -0.4 is 10.2 Å². The Morgan fingerprint density at radius 3 is 2.70 bits per heavy atom. The number of ether oxygens (including phenoxy) is 1. The fraction of sp³-hybridized carbons (Fsp3) is 0.167. The van der Waals surface area contributed by atoms with Gasteiger partial charge in [0.25, 0.3) is 5.91 Å². The third kappa shape index (κ3) is 4.97. The van der Waals surface area contributed by atoms with Crippen LogP contribution in [0.4, 0.5) is 0 Å². The molecule has 0 aliphatic rings. The van der Waals surface area contributed by atoms with Crippen LogP contribution in [-0.4, -0.2) is 18.7 Å². The average molecular weight is 307 g/mol. The van der Waals surface area contributed by atoms with Crippen molar-refractivity contribution >= 4 is 12.1 Å². The molecule has 0 saturated carbocycles. The summed E-state index contributed by atoms with van der Waals surface area (Å²) in [4.78, 5) is 11.7. The number of hydrogen-bond donors (Lipinski definition) is 1. The van der Waals surface area contributed by atoms with Crippen LogP contribution in [0.15, 0.2) is 59.7 Å². The summed E-state index contributed by atoms with van der Waals surface area (Å²) < 4.78 is 5.32. The summed E-state index contributed by atoms with van der Waals surface area (Å²) in [5, 5.41) is 12.9. The van der Waals surface area contributed by atoms with Crippen molar-refractivity contribution in [3.8, 4) is 11.8 Å². The van der Waals surface area contributed by atoms with Gasteiger partial charge in [0.15, 0.2) is 6.61 Å². The second-order valence-electron chi connectivity index (χ2n) is 4.91. The van der Waals surface area contributed by atoms with E-state index in [1.54, 1.807) is 30.5 Å². The number of hydrazone groups is 1. The smallest absolute Gasteiger partial charge is 0.277 e. The first-order valence-electron chi connectivity index (χ1n) is 7.19. The Hall–Kier alpha value is -3.13. The molecule has 5 nitrogen and oxygen atoms in total. The monoisotopic (exact) mass is 307 g/mol. The Bertz CT molecular complexity index is 721. The Morgan fingerprint density at radius 2 is 1.96 bits per heavy atom. The van der Waals surface area contributed by atoms with Crippen LogP contribution >= 0.6 is 0 Å². The van der Waals surface area contributed by atoms with Gasteiger partial charge >= 0.3 is 0 Å². The number of para-hydroxylation sites is 1. The molecule has 1 N–H and O–H groups in total. The molecule has 2 rings (SSSR count). The fourth-order valence-electron chi connectivity index (χ4n) is 1.92. The third-order valence-electron chi connectivity index (χ3n) is 3.18. The minimum atomic E-state index is -0.380. The van der Waals surface area contributed by atoms with Crippen molar-refractivity contribution in [3.05, 3.63) is 65.7 Å². The molecular weight excluding hydrogens is 290 g/mol. The lowest BCUT2D eigenvalue weighted by Gasteiger charge is -2.07. The first kappa shape index (κ1) is 16.2. The van der Waals surface area contributed by atoms with E-state index in [9.17, 15) is 4.79 Å². The molecule has 0 spiro atoms. The van der Waals surface area contributed by atoms with Crippen molar-refractivity contribution in [1.29, 1.82) is 5.26 Å². The molecule has 2 aromatic carbocycles. The van der Waals surface area contributed by atoms with E-state index in [-0.39, 0.29) is 18.4 Å². The van der Waals surface area contributed by atoms with E-state index >= 15 is 0 Å². The molecule has 0 aromatic heterocycles. The van der Waals surface area contributed by atoms with Crippen molar-refractivity contribution in [2.45, 2.75) is 12.8 Å². The molecule has 2 aromatic rings. The Labute approximate surface area is 135 Å². The quantitative estimate of drug-likeness (QED) is 0.658. The Morgan fingerprint density at radius 1 is 1.26 bits per heavy atom. The second-order valence-corrected chi connectivity index (χ2v) is 4.91. The van der Waals surface area contributed by atoms with Crippen LogP contribution in [0, 0.1) is 11.3 Å². The summed E-state index contributed by atoms with van der Waals surface area (Å²) in [6.07, 6.45) is 1.66. The van der Waals surface area contributed by atoms with Crippen LogP contribution in [-0.2, 0) is 4.79 Å². The van der Waals surface area contributed by atoms with Gasteiger partial charge in [0.1, 0.15) is 11.8 Å². The maximum Gasteiger partial charge on any atom is 0.277 e. The number of nitrogens with zero attached hydrogens (tertiary/aromatic N) is 2. The highest BCUT2D eigenvalue weighted by atomic mass is 16.5. The van der Waals surface area contributed by atoms with Crippen molar-refractivity contribution < 1.29 is 9.53 Å². The maximum absolute atomic E-state index is 11.7. The van der Waals surface area contributed by atoms with Crippen LogP contribution in [0.25, 0.3) is 0 Å². The first-order chi connectivity index (χ1) is 11.2. The van der Waals surface area contributed by atoms with Gasteiger partial charge in [0.05, 0.1) is 5.56 Å². The van der Waals surface area contributed by atoms with Crippen molar-refractivity contribution in [2.75, 3.05) is 6.61 Å². The van der Waals surface area contributed by atoms with E-state index < -0.39 is 0 Å². The number of nitriles is 1. The molecular formula is C18H17N3O2. The summed E-state index contributed by atoms with van der Waals surface area (Å²) in [7, 11) is 0. The zero-order valence-corrected chi connectivity index (χ0v) is 12.8. The number of hydrogen-bond acceptors (Lipinski definition) is 4. The van der Waals surface area contributed by atoms with Gasteiger partial charge in [-0.15, -0.1) is 0 Å². The minimum Gasteiger partial charge on any atom is -0.482 e. The minimum absolute atomic E-state index is 0.0942. The molecule has 1 atom stereocenters. The highest BCUT2D eigenvalue weighted by Gasteiger charge is 2.06. The predicted octanol–water partition coefficient (Wildman–Crippen LogP) is 2.84. The predicted molar refractivity (Wildman–Crippen MR) is 88.1 cm³/mol. The van der Waals surface area contributed by atoms with Gasteiger partial charge in [-0.2, -0.15) is 10.4 Å². The van der Waals surface area contributed by atoms with Crippen molar-refractivity contribution in [1.82, 2.24) is 5.43 Å².